The molecule has 0 aromatic heterocycles. The second-order valence-electron chi connectivity index (χ2n) is 8.99. The molecular weight excluding hydrogens is 472 g/mol. The van der Waals surface area contributed by atoms with Crippen LogP contribution in [0.15, 0.2) is 66.8 Å². The SMILES string of the molecule is C=CCOc1ccc(C2/C(=C(\O)c3ccc(OCCC)cc3)C(=O)C(=O)N2CCN2CCOCC2)cc1. The second kappa shape index (κ2) is 12.6. The van der Waals surface area contributed by atoms with Crippen LogP contribution in [0.2, 0.25) is 0 Å². The van der Waals surface area contributed by atoms with E-state index in [-0.39, 0.29) is 11.3 Å². The van der Waals surface area contributed by atoms with Gasteiger partial charge in [0.25, 0.3) is 11.7 Å². The second-order valence-corrected chi connectivity index (χ2v) is 8.99. The van der Waals surface area contributed by atoms with Gasteiger partial charge in [-0.15, -0.1) is 0 Å². The summed E-state index contributed by atoms with van der Waals surface area (Å²) in [4.78, 5) is 30.3. The molecule has 4 rings (SSSR count). The van der Waals surface area contributed by atoms with Crippen LogP contribution in [-0.4, -0.2) is 79.2 Å². The largest absolute Gasteiger partial charge is 0.507 e. The zero-order chi connectivity index (χ0) is 26.2. The van der Waals surface area contributed by atoms with Gasteiger partial charge in [-0.25, -0.2) is 0 Å². The van der Waals surface area contributed by atoms with Gasteiger partial charge in [0, 0.05) is 31.7 Å². The fourth-order valence-electron chi connectivity index (χ4n) is 4.52. The molecule has 0 bridgehead atoms. The summed E-state index contributed by atoms with van der Waals surface area (Å²) in [7, 11) is 0. The van der Waals surface area contributed by atoms with Crippen LogP contribution < -0.4 is 9.47 Å². The van der Waals surface area contributed by atoms with Crippen LogP contribution in [0, 0.1) is 0 Å². The number of rotatable bonds is 11. The molecule has 2 heterocycles. The fraction of sp³-hybridized carbons (Fsp3) is 0.379. The topological polar surface area (TPSA) is 88.5 Å². The van der Waals surface area contributed by atoms with E-state index in [2.05, 4.69) is 11.5 Å². The Bertz CT molecular complexity index is 1120. The highest BCUT2D eigenvalue weighted by Crippen LogP contribution is 2.40. The van der Waals surface area contributed by atoms with Crippen molar-refractivity contribution in [1.82, 2.24) is 9.80 Å². The van der Waals surface area contributed by atoms with E-state index in [1.165, 1.54) is 0 Å². The average molecular weight is 507 g/mol. The highest BCUT2D eigenvalue weighted by atomic mass is 16.5. The number of ketones is 1. The van der Waals surface area contributed by atoms with Crippen molar-refractivity contribution in [3.05, 3.63) is 77.9 Å². The highest BCUT2D eigenvalue weighted by Gasteiger charge is 2.46. The molecule has 0 spiro atoms. The quantitative estimate of drug-likeness (QED) is 0.215. The van der Waals surface area contributed by atoms with E-state index in [1.54, 1.807) is 47.4 Å². The molecule has 2 saturated heterocycles. The number of hydrogen-bond donors (Lipinski definition) is 1. The zero-order valence-electron chi connectivity index (χ0n) is 21.2. The third-order valence-corrected chi connectivity index (χ3v) is 6.47. The van der Waals surface area contributed by atoms with E-state index in [0.29, 0.717) is 56.6 Å². The summed E-state index contributed by atoms with van der Waals surface area (Å²) < 4.78 is 16.6. The molecule has 8 heteroatoms. The molecule has 0 radical (unpaired) electrons. The number of aliphatic hydroxyl groups excluding tert-OH is 1. The van der Waals surface area contributed by atoms with Crippen LogP contribution in [0.25, 0.3) is 5.76 Å². The Balaban J connectivity index is 1.67. The maximum Gasteiger partial charge on any atom is 0.295 e. The summed E-state index contributed by atoms with van der Waals surface area (Å²) in [6.07, 6.45) is 2.54. The third-order valence-electron chi connectivity index (χ3n) is 6.47. The first kappa shape index (κ1) is 26.4. The van der Waals surface area contributed by atoms with Crippen molar-refractivity contribution in [1.29, 1.82) is 0 Å². The van der Waals surface area contributed by atoms with Crippen LogP contribution in [0.5, 0.6) is 11.5 Å². The summed E-state index contributed by atoms with van der Waals surface area (Å²) in [5.41, 5.74) is 1.25. The minimum absolute atomic E-state index is 0.0777. The lowest BCUT2D eigenvalue weighted by Gasteiger charge is -2.31. The maximum atomic E-state index is 13.3. The van der Waals surface area contributed by atoms with Gasteiger partial charge in [0.05, 0.1) is 31.4 Å². The lowest BCUT2D eigenvalue weighted by molar-refractivity contribution is -0.140. The van der Waals surface area contributed by atoms with Crippen molar-refractivity contribution in [2.45, 2.75) is 19.4 Å². The Labute approximate surface area is 217 Å². The lowest BCUT2D eigenvalue weighted by atomic mass is 9.95. The number of carbonyl (C=O) groups excluding carboxylic acids is 2. The number of likely N-dealkylation sites (tertiary alicyclic amines) is 1. The van der Waals surface area contributed by atoms with Crippen molar-refractivity contribution in [3.63, 3.8) is 0 Å². The van der Waals surface area contributed by atoms with Crippen molar-refractivity contribution in [2.24, 2.45) is 0 Å². The van der Waals surface area contributed by atoms with Crippen LogP contribution >= 0.6 is 0 Å². The number of ether oxygens (including phenoxy) is 3. The van der Waals surface area contributed by atoms with E-state index >= 15 is 0 Å². The van der Waals surface area contributed by atoms with E-state index in [0.717, 1.165) is 25.1 Å². The van der Waals surface area contributed by atoms with Crippen molar-refractivity contribution < 1.29 is 28.9 Å². The van der Waals surface area contributed by atoms with Gasteiger partial charge in [0.2, 0.25) is 0 Å². The van der Waals surface area contributed by atoms with Crippen LogP contribution in [0.3, 0.4) is 0 Å². The molecule has 2 aromatic carbocycles. The Morgan fingerprint density at radius 1 is 1.03 bits per heavy atom. The maximum absolute atomic E-state index is 13.3. The van der Waals surface area contributed by atoms with E-state index in [9.17, 15) is 14.7 Å². The van der Waals surface area contributed by atoms with Gasteiger partial charge < -0.3 is 24.2 Å². The molecule has 0 aliphatic carbocycles. The van der Waals surface area contributed by atoms with E-state index in [4.69, 9.17) is 14.2 Å². The first-order chi connectivity index (χ1) is 18.0. The molecule has 2 aliphatic heterocycles. The predicted molar refractivity (Wildman–Crippen MR) is 141 cm³/mol. The predicted octanol–water partition coefficient (Wildman–Crippen LogP) is 3.79. The van der Waals surface area contributed by atoms with Crippen molar-refractivity contribution >= 4 is 17.4 Å². The Morgan fingerprint density at radius 2 is 1.68 bits per heavy atom. The van der Waals surface area contributed by atoms with Gasteiger partial charge in [-0.3, -0.25) is 14.5 Å². The van der Waals surface area contributed by atoms with E-state index in [1.807, 2.05) is 19.1 Å². The molecular formula is C29H34N2O6. The molecule has 1 atom stereocenters. The minimum Gasteiger partial charge on any atom is -0.507 e. The number of carbonyl (C=O) groups is 2. The minimum atomic E-state index is -0.717. The fourth-order valence-corrected chi connectivity index (χ4v) is 4.52. The van der Waals surface area contributed by atoms with Gasteiger partial charge in [0.1, 0.15) is 23.9 Å². The van der Waals surface area contributed by atoms with Gasteiger partial charge >= 0.3 is 0 Å². The average Bonchev–Trinajstić information content (AvgIpc) is 3.19. The van der Waals surface area contributed by atoms with E-state index < -0.39 is 17.7 Å². The summed E-state index contributed by atoms with van der Waals surface area (Å²) in [6, 6.07) is 13.4. The summed E-state index contributed by atoms with van der Waals surface area (Å²) >= 11 is 0. The number of nitrogens with zero attached hydrogens (tertiary/aromatic N) is 2. The van der Waals surface area contributed by atoms with Gasteiger partial charge in [-0.05, 0) is 48.4 Å². The highest BCUT2D eigenvalue weighted by molar-refractivity contribution is 6.46. The third kappa shape index (κ3) is 6.21. The monoisotopic (exact) mass is 506 g/mol. The Hall–Kier alpha value is -3.62. The van der Waals surface area contributed by atoms with Crippen LogP contribution in [0.4, 0.5) is 0 Å². The first-order valence-electron chi connectivity index (χ1n) is 12.7. The number of hydrogen-bond acceptors (Lipinski definition) is 7. The molecule has 0 saturated carbocycles. The van der Waals surface area contributed by atoms with Crippen LogP contribution in [0.1, 0.15) is 30.5 Å². The number of morpholine rings is 1. The number of Topliss-reactive ketones (excluding diaryl/α,β-unsaturated/α-hetero) is 1. The molecule has 8 nitrogen and oxygen atoms in total. The van der Waals surface area contributed by atoms with Gasteiger partial charge in [-0.1, -0.05) is 31.7 Å². The first-order valence-corrected chi connectivity index (χ1v) is 12.7. The standard InChI is InChI=1S/C29H34N2O6/c1-3-17-36-23-9-5-21(6-10-23)26-25(27(32)22-7-11-24(12-8-22)37-18-4-2)28(33)29(34)31(26)14-13-30-15-19-35-20-16-30/h3,5-12,26,32H,1,4,13-20H2,2H3/b27-25+. The molecule has 1 amide bonds. The van der Waals surface area contributed by atoms with Gasteiger partial charge in [-0.2, -0.15) is 0 Å². The lowest BCUT2D eigenvalue weighted by Crippen LogP contribution is -2.42. The summed E-state index contributed by atoms with van der Waals surface area (Å²) in [6.45, 7) is 10.4. The molecule has 1 N–H and O–H groups in total. The number of amides is 1. The molecule has 37 heavy (non-hydrogen) atoms. The summed E-state index contributed by atoms with van der Waals surface area (Å²) in [5.74, 6) is -0.184. The van der Waals surface area contributed by atoms with Crippen molar-refractivity contribution in [3.8, 4) is 11.5 Å². The molecule has 2 aliphatic rings. The number of benzene rings is 2. The Morgan fingerprint density at radius 3 is 2.32 bits per heavy atom. The molecule has 1 unspecified atom stereocenters. The number of aliphatic hydroxyl groups is 1. The smallest absolute Gasteiger partial charge is 0.295 e. The summed E-state index contributed by atoms with van der Waals surface area (Å²) in [5, 5.41) is 11.3. The normalized spacial score (nSPS) is 19.7. The Kier molecular flexibility index (Phi) is 8.98. The molecule has 2 fully saturated rings. The van der Waals surface area contributed by atoms with Crippen molar-refractivity contribution in [2.75, 3.05) is 52.6 Å². The van der Waals surface area contributed by atoms with Crippen LogP contribution in [-0.2, 0) is 14.3 Å². The van der Waals surface area contributed by atoms with Gasteiger partial charge in [0.15, 0.2) is 0 Å². The molecule has 2 aromatic rings. The molecule has 196 valence electrons. The zero-order valence-corrected chi connectivity index (χ0v) is 21.2.